The number of aromatic nitrogens is 1. The molecule has 0 spiro atoms. The van der Waals surface area contributed by atoms with Crippen molar-refractivity contribution in [2.75, 3.05) is 24.6 Å². The molecule has 30 heteroatoms. The first kappa shape index (κ1) is 48.1. The second-order valence-corrected chi connectivity index (χ2v) is 13.8. The summed E-state index contributed by atoms with van der Waals surface area (Å²) in [6.07, 6.45) is -12.9. The molecule has 0 aliphatic heterocycles. The fourth-order valence-electron chi connectivity index (χ4n) is 3.91. The van der Waals surface area contributed by atoms with Crippen molar-refractivity contribution in [1.82, 2.24) is 4.98 Å². The quantitative estimate of drug-likeness (QED) is 0.0581. The number of likely N-dealkylation sites (N-methyl/N-ethyl adjacent to an activating group) is 1. The van der Waals surface area contributed by atoms with E-state index in [1.807, 2.05) is 0 Å². The van der Waals surface area contributed by atoms with E-state index in [1.54, 1.807) is 0 Å². The monoisotopic (exact) mass is 894 g/mol. The van der Waals surface area contributed by atoms with Crippen LogP contribution in [0.5, 0.6) is 0 Å². The van der Waals surface area contributed by atoms with Crippen LogP contribution in [0.2, 0.25) is 5.15 Å². The molecule has 0 fully saturated rings. The standard InChI is InChI=1S/C25H21ClF17N4O6PS/c1-2-47(12-5-3-11(4-6-12)45-46-17-44-15(26)14(55-17)16(49)54(50,51)52)9-10-53-13(48)7-8-18(27,28)19(29,30)20(31,32)21(33,34)22(35,36)23(37,38)24(39,40)25(41,42)43/h3-6,16,49H,2,7-10H2,1H3,(H2,50,51,52). The predicted molar refractivity (Wildman–Crippen MR) is 154 cm³/mol. The number of carbonyl (C=O) groups excluding carboxylic acids is 1. The third-order valence-corrected chi connectivity index (χ3v) is 9.52. The molecule has 55 heavy (non-hydrogen) atoms. The normalized spacial score (nSPS) is 15.1. The van der Waals surface area contributed by atoms with E-state index in [-0.39, 0.29) is 23.9 Å². The van der Waals surface area contributed by atoms with Crippen LogP contribution in [0, 0.1) is 0 Å². The highest BCUT2D eigenvalue weighted by molar-refractivity contribution is 7.52. The number of aliphatic hydroxyl groups excluding tert-OH is 1. The first-order valence-corrected chi connectivity index (χ1v) is 17.0. The van der Waals surface area contributed by atoms with Crippen molar-refractivity contribution in [3.63, 3.8) is 0 Å². The largest absolute Gasteiger partial charge is 0.464 e. The van der Waals surface area contributed by atoms with Gasteiger partial charge in [0.1, 0.15) is 11.8 Å². The number of benzene rings is 1. The van der Waals surface area contributed by atoms with Crippen LogP contribution in [0.4, 0.5) is 91.1 Å². The summed E-state index contributed by atoms with van der Waals surface area (Å²) in [7, 11) is -5.00. The summed E-state index contributed by atoms with van der Waals surface area (Å²) >= 11 is 6.25. The third-order valence-electron chi connectivity index (χ3n) is 7.05. The van der Waals surface area contributed by atoms with Gasteiger partial charge in [0.15, 0.2) is 5.85 Å². The molecule has 1 aromatic carbocycles. The lowest BCUT2D eigenvalue weighted by Crippen LogP contribution is -2.74. The van der Waals surface area contributed by atoms with Gasteiger partial charge in [0, 0.05) is 18.7 Å². The molecule has 0 radical (unpaired) electrons. The molecule has 0 aliphatic rings. The number of carbonyl (C=O) groups is 1. The van der Waals surface area contributed by atoms with Gasteiger partial charge < -0.3 is 24.5 Å². The minimum absolute atomic E-state index is 0.104. The Bertz CT molecular complexity index is 1740. The number of rotatable bonds is 18. The smallest absolute Gasteiger partial charge is 0.460 e. The first-order chi connectivity index (χ1) is 24.5. The third kappa shape index (κ3) is 9.23. The molecule has 0 saturated carbocycles. The van der Waals surface area contributed by atoms with E-state index in [0.29, 0.717) is 17.0 Å². The second kappa shape index (κ2) is 16.1. The molecule has 1 aromatic heterocycles. The Morgan fingerprint density at radius 3 is 1.76 bits per heavy atom. The van der Waals surface area contributed by atoms with E-state index < -0.39 is 96.5 Å². The van der Waals surface area contributed by atoms with Crippen molar-refractivity contribution in [3.05, 3.63) is 34.3 Å². The first-order valence-electron chi connectivity index (χ1n) is 14.1. The van der Waals surface area contributed by atoms with Gasteiger partial charge >= 0.3 is 61.2 Å². The molecule has 0 saturated heterocycles. The van der Waals surface area contributed by atoms with Crippen LogP contribution in [-0.2, 0) is 14.1 Å². The molecule has 1 heterocycles. The van der Waals surface area contributed by atoms with Gasteiger partial charge in [-0.15, -0.1) is 10.2 Å². The molecular weight excluding hydrogens is 874 g/mol. The topological polar surface area (TPSA) is 145 Å². The van der Waals surface area contributed by atoms with E-state index in [2.05, 4.69) is 19.9 Å². The zero-order chi connectivity index (χ0) is 43.0. The lowest BCUT2D eigenvalue weighted by molar-refractivity contribution is -0.461. The van der Waals surface area contributed by atoms with E-state index in [9.17, 15) is 89.1 Å². The maximum atomic E-state index is 14.1. The summed E-state index contributed by atoms with van der Waals surface area (Å²) in [5.41, 5.74) is 0.457. The van der Waals surface area contributed by atoms with Crippen LogP contribution >= 0.6 is 30.5 Å². The number of esters is 1. The maximum Gasteiger partial charge on any atom is 0.460 e. The highest BCUT2D eigenvalue weighted by atomic mass is 35.5. The minimum atomic E-state index is -8.75. The summed E-state index contributed by atoms with van der Waals surface area (Å²) in [5.74, 6) is -61.6. The number of anilines is 1. The maximum absolute atomic E-state index is 14.1. The Morgan fingerprint density at radius 1 is 0.836 bits per heavy atom. The molecule has 0 bridgehead atoms. The highest BCUT2D eigenvalue weighted by Gasteiger charge is 2.95. The number of ether oxygens (including phenoxy) is 1. The Morgan fingerprint density at radius 2 is 1.31 bits per heavy atom. The zero-order valence-electron chi connectivity index (χ0n) is 26.4. The fraction of sp³-hybridized carbons (Fsp3) is 0.600. The Balaban J connectivity index is 2.08. The second-order valence-electron chi connectivity index (χ2n) is 10.8. The number of hydrogen-bond donors (Lipinski definition) is 3. The molecule has 0 amide bonds. The number of nitrogens with zero attached hydrogens (tertiary/aromatic N) is 4. The van der Waals surface area contributed by atoms with Crippen molar-refractivity contribution in [2.45, 2.75) is 73.2 Å². The van der Waals surface area contributed by atoms with Crippen LogP contribution in [0.25, 0.3) is 0 Å². The van der Waals surface area contributed by atoms with Crippen molar-refractivity contribution in [1.29, 1.82) is 0 Å². The van der Waals surface area contributed by atoms with Gasteiger partial charge in [0.25, 0.3) is 0 Å². The molecule has 314 valence electrons. The van der Waals surface area contributed by atoms with E-state index >= 15 is 0 Å². The average molecular weight is 895 g/mol. The number of aliphatic hydroxyl groups is 1. The van der Waals surface area contributed by atoms with Crippen LogP contribution in [0.1, 0.15) is 30.5 Å². The molecule has 1 unspecified atom stereocenters. The molecule has 0 aliphatic carbocycles. The molecule has 2 aromatic rings. The number of azo groups is 1. The predicted octanol–water partition coefficient (Wildman–Crippen LogP) is 9.54. The summed E-state index contributed by atoms with van der Waals surface area (Å²) < 4.78 is 244. The molecule has 2 rings (SSSR count). The number of halogens is 18. The SMILES string of the molecule is CCN(CCOC(=O)CCC(F)(F)C(F)(F)C(F)(F)C(F)(F)C(F)(F)C(F)(F)C(F)(F)C(F)(F)F)c1ccc(N=Nc2nc(Cl)c(C(O)P(=O)(O)O)s2)cc1. The van der Waals surface area contributed by atoms with Gasteiger partial charge in [-0.3, -0.25) is 9.36 Å². The van der Waals surface area contributed by atoms with Gasteiger partial charge in [-0.1, -0.05) is 22.9 Å². The summed E-state index contributed by atoms with van der Waals surface area (Å²) in [6.45, 7) is 0.515. The summed E-state index contributed by atoms with van der Waals surface area (Å²) in [6, 6.07) is 5.41. The van der Waals surface area contributed by atoms with Gasteiger partial charge in [-0.05, 0) is 31.2 Å². The van der Waals surface area contributed by atoms with Gasteiger partial charge in [-0.2, -0.15) is 74.6 Å². The Hall–Kier alpha value is -3.07. The van der Waals surface area contributed by atoms with Crippen molar-refractivity contribution >= 4 is 53.0 Å². The lowest BCUT2D eigenvalue weighted by atomic mass is 9.88. The minimum Gasteiger partial charge on any atom is -0.464 e. The van der Waals surface area contributed by atoms with Gasteiger partial charge in [0.05, 0.1) is 23.5 Å². The van der Waals surface area contributed by atoms with Gasteiger partial charge in [0.2, 0.25) is 5.13 Å². The van der Waals surface area contributed by atoms with Crippen molar-refractivity contribution < 1.29 is 104 Å². The van der Waals surface area contributed by atoms with Crippen LogP contribution in [0.3, 0.4) is 0 Å². The number of thiazole rings is 1. The van der Waals surface area contributed by atoms with Crippen LogP contribution < -0.4 is 4.90 Å². The van der Waals surface area contributed by atoms with Gasteiger partial charge in [-0.25, -0.2) is 4.98 Å². The van der Waals surface area contributed by atoms with Crippen LogP contribution in [-0.4, -0.2) is 93.2 Å². The Kier molecular flexibility index (Phi) is 14.0. The fourth-order valence-corrected chi connectivity index (χ4v) is 5.99. The lowest BCUT2D eigenvalue weighted by Gasteiger charge is -2.42. The molecule has 1 atom stereocenters. The number of alkyl halides is 17. The molecule has 3 N–H and O–H groups in total. The van der Waals surface area contributed by atoms with E-state index in [4.69, 9.17) is 21.4 Å². The zero-order valence-corrected chi connectivity index (χ0v) is 28.9. The Labute approximate surface area is 304 Å². The van der Waals surface area contributed by atoms with Crippen molar-refractivity contribution in [3.8, 4) is 0 Å². The van der Waals surface area contributed by atoms with Crippen molar-refractivity contribution in [2.24, 2.45) is 10.2 Å². The molecular formula is C25H21ClF17N4O6PS. The summed E-state index contributed by atoms with van der Waals surface area (Å²) in [4.78, 5) is 34.7. The average Bonchev–Trinajstić information content (AvgIpc) is 3.43. The van der Waals surface area contributed by atoms with E-state index in [0.717, 1.165) is 0 Å². The highest BCUT2D eigenvalue weighted by Crippen LogP contribution is 2.64. The molecule has 10 nitrogen and oxygen atoms in total. The summed E-state index contributed by atoms with van der Waals surface area (Å²) in [5, 5.41) is 16.5. The van der Waals surface area contributed by atoms with E-state index in [1.165, 1.54) is 36.1 Å². The number of hydrogen-bond acceptors (Lipinski definition) is 9. The van der Waals surface area contributed by atoms with Crippen LogP contribution in [0.15, 0.2) is 34.5 Å².